The minimum Gasteiger partial charge on any atom is -0.357 e. The molecule has 2 amide bonds. The number of rotatable bonds is 10. The Labute approximate surface area is 238 Å². The van der Waals surface area contributed by atoms with Gasteiger partial charge in [-0.05, 0) is 47.9 Å². The van der Waals surface area contributed by atoms with Gasteiger partial charge in [0.15, 0.2) is 0 Å². The van der Waals surface area contributed by atoms with Gasteiger partial charge in [0.05, 0.1) is 22.0 Å². The molecule has 0 aromatic heterocycles. The van der Waals surface area contributed by atoms with Crippen molar-refractivity contribution in [3.8, 4) is 0 Å². The van der Waals surface area contributed by atoms with Gasteiger partial charge < -0.3 is 10.2 Å². The largest absolute Gasteiger partial charge is 0.357 e. The molecule has 202 valence electrons. The van der Waals surface area contributed by atoms with Gasteiger partial charge >= 0.3 is 0 Å². The van der Waals surface area contributed by atoms with Gasteiger partial charge in [-0.25, -0.2) is 8.42 Å². The highest BCUT2D eigenvalue weighted by molar-refractivity contribution is 7.92. The lowest BCUT2D eigenvalue weighted by Crippen LogP contribution is -2.53. The van der Waals surface area contributed by atoms with E-state index in [0.29, 0.717) is 26.2 Å². The van der Waals surface area contributed by atoms with Crippen LogP contribution >= 0.6 is 34.8 Å². The van der Waals surface area contributed by atoms with Crippen molar-refractivity contribution in [1.82, 2.24) is 10.2 Å². The van der Waals surface area contributed by atoms with E-state index < -0.39 is 34.4 Å². The van der Waals surface area contributed by atoms with Crippen molar-refractivity contribution in [2.45, 2.75) is 25.9 Å². The molecule has 1 atom stereocenters. The van der Waals surface area contributed by atoms with Gasteiger partial charge in [-0.1, -0.05) is 77.3 Å². The monoisotopic (exact) mass is 595 g/mol. The zero-order valence-electron chi connectivity index (χ0n) is 21.1. The second-order valence-corrected chi connectivity index (χ2v) is 11.9. The lowest BCUT2D eigenvalue weighted by atomic mass is 10.0. The number of nitrogens with zero attached hydrogens (tertiary/aromatic N) is 2. The predicted octanol–water partition coefficient (Wildman–Crippen LogP) is 5.11. The summed E-state index contributed by atoms with van der Waals surface area (Å²) in [7, 11) is -2.41. The van der Waals surface area contributed by atoms with Crippen LogP contribution in [0.25, 0.3) is 0 Å². The SMILES string of the molecule is CNC(=O)[C@H](Cc1ccccc1)N(Cc1ccc(Cl)c(Cl)c1)C(=O)CN(c1cccc(Cl)c1C)S(C)(=O)=O. The molecule has 0 radical (unpaired) electrons. The Balaban J connectivity index is 2.07. The van der Waals surface area contributed by atoms with E-state index in [1.54, 1.807) is 43.3 Å². The standard InChI is InChI=1S/C27H28Cl3N3O4S/c1-18-21(28)10-7-11-24(18)33(38(3,36)37)17-26(34)32(16-20-12-13-22(29)23(30)14-20)25(27(35)31-2)15-19-8-5-4-6-9-19/h4-14,25H,15-17H2,1-3H3,(H,31,35)/t25-/m0/s1. The highest BCUT2D eigenvalue weighted by atomic mass is 35.5. The van der Waals surface area contributed by atoms with E-state index in [2.05, 4.69) is 5.32 Å². The number of nitrogens with one attached hydrogen (secondary N) is 1. The van der Waals surface area contributed by atoms with E-state index in [1.165, 1.54) is 11.9 Å². The maximum atomic E-state index is 13.9. The maximum Gasteiger partial charge on any atom is 0.244 e. The molecule has 0 aliphatic rings. The molecule has 0 spiro atoms. The summed E-state index contributed by atoms with van der Waals surface area (Å²) >= 11 is 18.5. The van der Waals surface area contributed by atoms with Crippen molar-refractivity contribution in [1.29, 1.82) is 0 Å². The number of benzene rings is 3. The summed E-state index contributed by atoms with van der Waals surface area (Å²) in [5.74, 6) is -0.975. The van der Waals surface area contributed by atoms with Crippen LogP contribution in [0.5, 0.6) is 0 Å². The first-order valence-corrected chi connectivity index (χ1v) is 14.6. The zero-order chi connectivity index (χ0) is 28.0. The zero-order valence-corrected chi connectivity index (χ0v) is 24.2. The normalized spacial score (nSPS) is 12.1. The van der Waals surface area contributed by atoms with E-state index >= 15 is 0 Å². The van der Waals surface area contributed by atoms with Crippen LogP contribution in [0.15, 0.2) is 66.7 Å². The number of carbonyl (C=O) groups is 2. The Bertz CT molecular complexity index is 1420. The molecule has 1 N–H and O–H groups in total. The second-order valence-electron chi connectivity index (χ2n) is 8.74. The number of amides is 2. The van der Waals surface area contributed by atoms with Crippen LogP contribution in [0.4, 0.5) is 5.69 Å². The molecule has 11 heteroatoms. The Kier molecular flexibility index (Phi) is 10.1. The molecule has 3 rings (SSSR count). The lowest BCUT2D eigenvalue weighted by Gasteiger charge is -2.33. The van der Waals surface area contributed by atoms with Crippen LogP contribution in [0.1, 0.15) is 16.7 Å². The molecule has 7 nitrogen and oxygen atoms in total. The molecule has 38 heavy (non-hydrogen) atoms. The Morgan fingerprint density at radius 3 is 2.18 bits per heavy atom. The fourth-order valence-corrected chi connectivity index (χ4v) is 5.41. The molecular formula is C27H28Cl3N3O4S. The summed E-state index contributed by atoms with van der Waals surface area (Å²) in [6.45, 7) is 1.13. The summed E-state index contributed by atoms with van der Waals surface area (Å²) in [6, 6.07) is 18.1. The molecule has 3 aromatic rings. The molecule has 0 bridgehead atoms. The molecule has 0 unspecified atom stereocenters. The van der Waals surface area contributed by atoms with Crippen molar-refractivity contribution < 1.29 is 18.0 Å². The third kappa shape index (κ3) is 7.41. The summed E-state index contributed by atoms with van der Waals surface area (Å²) in [5, 5.41) is 3.64. The van der Waals surface area contributed by atoms with Crippen LogP contribution in [-0.2, 0) is 32.6 Å². The Morgan fingerprint density at radius 2 is 1.58 bits per heavy atom. The molecule has 0 saturated heterocycles. The predicted molar refractivity (Wildman–Crippen MR) is 153 cm³/mol. The fourth-order valence-electron chi connectivity index (χ4n) is 4.02. The van der Waals surface area contributed by atoms with E-state index in [0.717, 1.165) is 16.1 Å². The van der Waals surface area contributed by atoms with Crippen molar-refractivity contribution in [2.75, 3.05) is 24.2 Å². The number of likely N-dealkylation sites (N-methyl/N-ethyl adjacent to an activating group) is 1. The highest BCUT2D eigenvalue weighted by Crippen LogP contribution is 2.29. The summed E-state index contributed by atoms with van der Waals surface area (Å²) < 4.78 is 26.7. The quantitative estimate of drug-likeness (QED) is 0.353. The summed E-state index contributed by atoms with van der Waals surface area (Å²) in [5.41, 5.74) is 2.25. The Morgan fingerprint density at radius 1 is 0.895 bits per heavy atom. The number of hydrogen-bond acceptors (Lipinski definition) is 4. The minimum absolute atomic E-state index is 0.00717. The average Bonchev–Trinajstić information content (AvgIpc) is 2.88. The number of halogens is 3. The summed E-state index contributed by atoms with van der Waals surface area (Å²) in [6.07, 6.45) is 1.23. The van der Waals surface area contributed by atoms with Crippen LogP contribution in [-0.4, -0.2) is 51.0 Å². The van der Waals surface area contributed by atoms with Gasteiger partial charge in [0.2, 0.25) is 21.8 Å². The van der Waals surface area contributed by atoms with Crippen molar-refractivity contribution in [3.05, 3.63) is 98.5 Å². The number of carbonyl (C=O) groups excluding carboxylic acids is 2. The van der Waals surface area contributed by atoms with E-state index in [9.17, 15) is 18.0 Å². The van der Waals surface area contributed by atoms with Gasteiger partial charge in [0.25, 0.3) is 0 Å². The smallest absolute Gasteiger partial charge is 0.244 e. The number of hydrogen-bond donors (Lipinski definition) is 1. The lowest BCUT2D eigenvalue weighted by molar-refractivity contribution is -0.139. The van der Waals surface area contributed by atoms with Crippen molar-refractivity contribution in [3.63, 3.8) is 0 Å². The third-order valence-corrected chi connectivity index (χ3v) is 8.32. The molecule has 0 saturated carbocycles. The first-order valence-electron chi connectivity index (χ1n) is 11.6. The topological polar surface area (TPSA) is 86.8 Å². The van der Waals surface area contributed by atoms with Gasteiger partial charge in [0.1, 0.15) is 12.6 Å². The van der Waals surface area contributed by atoms with Crippen LogP contribution < -0.4 is 9.62 Å². The van der Waals surface area contributed by atoms with Crippen molar-refractivity contribution in [2.24, 2.45) is 0 Å². The first-order chi connectivity index (χ1) is 17.9. The maximum absolute atomic E-state index is 13.9. The Hall–Kier alpha value is -2.78. The molecule has 0 aliphatic heterocycles. The van der Waals surface area contributed by atoms with E-state index in [1.807, 2.05) is 30.3 Å². The minimum atomic E-state index is -3.89. The van der Waals surface area contributed by atoms with Crippen LogP contribution in [0.3, 0.4) is 0 Å². The third-order valence-electron chi connectivity index (χ3n) is 6.04. The summed E-state index contributed by atoms with van der Waals surface area (Å²) in [4.78, 5) is 28.4. The van der Waals surface area contributed by atoms with Crippen molar-refractivity contribution >= 4 is 62.3 Å². The molecule has 0 aliphatic carbocycles. The second kappa shape index (κ2) is 12.8. The molecule has 3 aromatic carbocycles. The van der Waals surface area contributed by atoms with E-state index in [-0.39, 0.29) is 18.7 Å². The molecule has 0 fully saturated rings. The van der Waals surface area contributed by atoms with Gasteiger partial charge in [-0.15, -0.1) is 0 Å². The van der Waals surface area contributed by atoms with Crippen LogP contribution in [0.2, 0.25) is 15.1 Å². The number of anilines is 1. The first kappa shape index (κ1) is 29.8. The van der Waals surface area contributed by atoms with E-state index in [4.69, 9.17) is 34.8 Å². The van der Waals surface area contributed by atoms with Gasteiger partial charge in [0, 0.05) is 25.0 Å². The van der Waals surface area contributed by atoms with Gasteiger partial charge in [-0.3, -0.25) is 13.9 Å². The molecular weight excluding hydrogens is 569 g/mol. The van der Waals surface area contributed by atoms with Gasteiger partial charge in [-0.2, -0.15) is 0 Å². The number of sulfonamides is 1. The fraction of sp³-hybridized carbons (Fsp3) is 0.259. The molecule has 0 heterocycles. The van der Waals surface area contributed by atoms with Crippen LogP contribution in [0, 0.1) is 6.92 Å². The highest BCUT2D eigenvalue weighted by Gasteiger charge is 2.33. The average molecular weight is 597 g/mol.